The zero-order valence-corrected chi connectivity index (χ0v) is 11.1. The first-order chi connectivity index (χ1) is 8.56. The maximum absolute atomic E-state index is 12.9. The molecule has 0 aliphatic rings. The van der Waals surface area contributed by atoms with Crippen molar-refractivity contribution >= 4 is 23.2 Å². The van der Waals surface area contributed by atoms with E-state index in [-0.39, 0.29) is 12.4 Å². The van der Waals surface area contributed by atoms with Gasteiger partial charge in [-0.05, 0) is 42.8 Å². The molecule has 2 nitrogen and oxygen atoms in total. The molecule has 1 aromatic carbocycles. The van der Waals surface area contributed by atoms with Crippen molar-refractivity contribution in [2.45, 2.75) is 13.5 Å². The van der Waals surface area contributed by atoms with Crippen LogP contribution in [0.4, 0.5) is 4.39 Å². The van der Waals surface area contributed by atoms with Gasteiger partial charge in [-0.1, -0.05) is 23.2 Å². The van der Waals surface area contributed by atoms with Gasteiger partial charge >= 0.3 is 0 Å². The summed E-state index contributed by atoms with van der Waals surface area (Å²) in [6, 6.07) is 7.59. The molecule has 0 fully saturated rings. The van der Waals surface area contributed by atoms with Crippen LogP contribution in [0.1, 0.15) is 11.3 Å². The number of aryl methyl sites for hydroxylation is 1. The van der Waals surface area contributed by atoms with Gasteiger partial charge in [0.2, 0.25) is 0 Å². The van der Waals surface area contributed by atoms with Crippen LogP contribution < -0.4 is 4.74 Å². The van der Waals surface area contributed by atoms with Crippen molar-refractivity contribution in [1.29, 1.82) is 0 Å². The van der Waals surface area contributed by atoms with E-state index in [1.807, 2.05) is 0 Å². The van der Waals surface area contributed by atoms with Crippen molar-refractivity contribution in [3.05, 3.63) is 57.6 Å². The summed E-state index contributed by atoms with van der Waals surface area (Å²) in [6.07, 6.45) is 0. The van der Waals surface area contributed by atoms with Crippen LogP contribution in [0.2, 0.25) is 10.2 Å². The molecule has 18 heavy (non-hydrogen) atoms. The van der Waals surface area contributed by atoms with Gasteiger partial charge in [-0.25, -0.2) is 9.37 Å². The Morgan fingerprint density at radius 1 is 1.22 bits per heavy atom. The highest BCUT2D eigenvalue weighted by molar-refractivity contribution is 6.32. The molecule has 5 heteroatoms. The topological polar surface area (TPSA) is 22.1 Å². The highest BCUT2D eigenvalue weighted by Gasteiger charge is 2.06. The largest absolute Gasteiger partial charge is 0.487 e. The zero-order chi connectivity index (χ0) is 13.1. The standard InChI is InChI=1S/C13H10Cl2FNO/c1-8-6-9(16)2-4-12(8)18-7-11-10(14)3-5-13(15)17-11/h2-6H,7H2,1H3. The second kappa shape index (κ2) is 5.55. The smallest absolute Gasteiger partial charge is 0.132 e. The first-order valence-corrected chi connectivity index (χ1v) is 6.02. The zero-order valence-electron chi connectivity index (χ0n) is 9.58. The van der Waals surface area contributed by atoms with E-state index < -0.39 is 0 Å². The molecule has 0 amide bonds. The third kappa shape index (κ3) is 3.12. The Bertz CT molecular complexity index is 575. The van der Waals surface area contributed by atoms with Gasteiger partial charge in [-0.15, -0.1) is 0 Å². The quantitative estimate of drug-likeness (QED) is 0.779. The Kier molecular flexibility index (Phi) is 4.04. The molecule has 0 radical (unpaired) electrons. The van der Waals surface area contributed by atoms with Crippen LogP contribution in [0, 0.1) is 12.7 Å². The third-order valence-electron chi connectivity index (χ3n) is 2.39. The van der Waals surface area contributed by atoms with Gasteiger partial charge in [-0.3, -0.25) is 0 Å². The molecule has 0 atom stereocenters. The summed E-state index contributed by atoms with van der Waals surface area (Å²) in [5.41, 5.74) is 1.26. The molecule has 1 aromatic heterocycles. The lowest BCUT2D eigenvalue weighted by molar-refractivity contribution is 0.299. The highest BCUT2D eigenvalue weighted by atomic mass is 35.5. The van der Waals surface area contributed by atoms with Crippen LogP contribution in [0.5, 0.6) is 5.75 Å². The number of ether oxygens (including phenoxy) is 1. The van der Waals surface area contributed by atoms with Crippen molar-refractivity contribution in [2.24, 2.45) is 0 Å². The van der Waals surface area contributed by atoms with Crippen LogP contribution in [0.3, 0.4) is 0 Å². The average Bonchev–Trinajstić information content (AvgIpc) is 2.32. The number of hydrogen-bond donors (Lipinski definition) is 0. The minimum Gasteiger partial charge on any atom is -0.487 e. The van der Waals surface area contributed by atoms with Crippen molar-refractivity contribution in [3.8, 4) is 5.75 Å². The number of aromatic nitrogens is 1. The number of benzene rings is 1. The second-order valence-electron chi connectivity index (χ2n) is 3.76. The van der Waals surface area contributed by atoms with Gasteiger partial charge < -0.3 is 4.74 Å². The molecular weight excluding hydrogens is 276 g/mol. The summed E-state index contributed by atoms with van der Waals surface area (Å²) in [6.45, 7) is 1.96. The summed E-state index contributed by atoms with van der Waals surface area (Å²) in [5, 5.41) is 0.841. The van der Waals surface area contributed by atoms with Gasteiger partial charge in [0.15, 0.2) is 0 Å². The number of pyridine rings is 1. The molecule has 0 unspecified atom stereocenters. The van der Waals surface area contributed by atoms with Gasteiger partial charge in [-0.2, -0.15) is 0 Å². The van der Waals surface area contributed by atoms with Crippen molar-refractivity contribution in [3.63, 3.8) is 0 Å². The van der Waals surface area contributed by atoms with Gasteiger partial charge in [0, 0.05) is 0 Å². The lowest BCUT2D eigenvalue weighted by Crippen LogP contribution is -2.00. The van der Waals surface area contributed by atoms with Crippen LogP contribution in [0.25, 0.3) is 0 Å². The second-order valence-corrected chi connectivity index (χ2v) is 4.56. The fourth-order valence-corrected chi connectivity index (χ4v) is 1.80. The molecule has 94 valence electrons. The molecule has 0 saturated carbocycles. The van der Waals surface area contributed by atoms with Gasteiger partial charge in [0.05, 0.1) is 10.7 Å². The Balaban J connectivity index is 2.13. The Morgan fingerprint density at radius 3 is 2.72 bits per heavy atom. The molecule has 2 aromatic rings. The molecule has 0 bridgehead atoms. The van der Waals surface area contributed by atoms with Crippen LogP contribution in [-0.4, -0.2) is 4.98 Å². The summed E-state index contributed by atoms with van der Waals surface area (Å²) in [7, 11) is 0. The molecule has 1 heterocycles. The third-order valence-corrected chi connectivity index (χ3v) is 2.94. The van der Waals surface area contributed by atoms with E-state index in [9.17, 15) is 4.39 Å². The molecule has 0 saturated heterocycles. The van der Waals surface area contributed by atoms with Crippen molar-refractivity contribution < 1.29 is 9.13 Å². The van der Waals surface area contributed by atoms with Crippen molar-refractivity contribution in [2.75, 3.05) is 0 Å². The van der Waals surface area contributed by atoms with Crippen LogP contribution in [-0.2, 0) is 6.61 Å². The minimum absolute atomic E-state index is 0.186. The minimum atomic E-state index is -0.293. The molecule has 0 aliphatic carbocycles. The van der Waals surface area contributed by atoms with E-state index in [0.717, 1.165) is 0 Å². The first-order valence-electron chi connectivity index (χ1n) is 5.26. The SMILES string of the molecule is Cc1cc(F)ccc1OCc1nc(Cl)ccc1Cl. The summed E-state index contributed by atoms with van der Waals surface area (Å²) in [5.74, 6) is 0.299. The van der Waals surface area contributed by atoms with E-state index in [1.54, 1.807) is 25.1 Å². The average molecular weight is 286 g/mol. The Labute approximate surface area is 114 Å². The molecule has 2 rings (SSSR count). The molecule has 0 aliphatic heterocycles. The highest BCUT2D eigenvalue weighted by Crippen LogP contribution is 2.22. The lowest BCUT2D eigenvalue weighted by atomic mass is 10.2. The van der Waals surface area contributed by atoms with Gasteiger partial charge in [0.25, 0.3) is 0 Å². The molecular formula is C13H10Cl2FNO. The van der Waals surface area contributed by atoms with E-state index in [1.165, 1.54) is 12.1 Å². The predicted octanol–water partition coefficient (Wildman–Crippen LogP) is 4.41. The number of hydrogen-bond acceptors (Lipinski definition) is 2. The molecule has 0 N–H and O–H groups in total. The summed E-state index contributed by atoms with van der Waals surface area (Å²) >= 11 is 11.7. The first kappa shape index (κ1) is 13.1. The fraction of sp³-hybridized carbons (Fsp3) is 0.154. The number of halogens is 3. The Hall–Kier alpha value is -1.32. The fourth-order valence-electron chi connectivity index (χ4n) is 1.48. The Morgan fingerprint density at radius 2 is 2.00 bits per heavy atom. The van der Waals surface area contributed by atoms with E-state index in [4.69, 9.17) is 27.9 Å². The predicted molar refractivity (Wildman–Crippen MR) is 69.7 cm³/mol. The maximum atomic E-state index is 12.9. The van der Waals surface area contributed by atoms with Crippen LogP contribution in [0.15, 0.2) is 30.3 Å². The summed E-state index contributed by atoms with van der Waals surface area (Å²) in [4.78, 5) is 4.07. The molecule has 0 spiro atoms. The number of rotatable bonds is 3. The van der Waals surface area contributed by atoms with E-state index in [0.29, 0.717) is 27.2 Å². The maximum Gasteiger partial charge on any atom is 0.132 e. The van der Waals surface area contributed by atoms with E-state index >= 15 is 0 Å². The lowest BCUT2D eigenvalue weighted by Gasteiger charge is -2.09. The van der Waals surface area contributed by atoms with Gasteiger partial charge in [0.1, 0.15) is 23.3 Å². The van der Waals surface area contributed by atoms with E-state index in [2.05, 4.69) is 4.98 Å². The normalized spacial score (nSPS) is 10.4. The van der Waals surface area contributed by atoms with Crippen molar-refractivity contribution in [1.82, 2.24) is 4.98 Å². The monoisotopic (exact) mass is 285 g/mol. The van der Waals surface area contributed by atoms with Crippen LogP contribution >= 0.6 is 23.2 Å². The summed E-state index contributed by atoms with van der Waals surface area (Å²) < 4.78 is 18.5. The number of nitrogens with zero attached hydrogens (tertiary/aromatic N) is 1.